The highest BCUT2D eigenvalue weighted by atomic mass is 32.2. The maximum absolute atomic E-state index is 12.5. The van der Waals surface area contributed by atoms with Gasteiger partial charge in [-0.25, -0.2) is 0 Å². The van der Waals surface area contributed by atoms with Crippen molar-refractivity contribution in [3.05, 3.63) is 82.3 Å². The van der Waals surface area contributed by atoms with Crippen molar-refractivity contribution in [1.29, 1.82) is 0 Å². The molecule has 3 rings (SSSR count). The van der Waals surface area contributed by atoms with E-state index in [1.807, 2.05) is 48.5 Å². The maximum atomic E-state index is 12.5. The van der Waals surface area contributed by atoms with E-state index in [2.05, 4.69) is 17.4 Å². The molecule has 0 aromatic heterocycles. The molecule has 2 aromatic carbocycles. The van der Waals surface area contributed by atoms with Crippen molar-refractivity contribution in [1.82, 2.24) is 5.32 Å². The molecule has 0 radical (unpaired) electrons. The Labute approximate surface area is 146 Å². The Kier molecular flexibility index (Phi) is 5.72. The molecule has 0 aliphatic carbocycles. The Hall–Kier alpha value is -2.04. The predicted molar refractivity (Wildman–Crippen MR) is 98.7 cm³/mol. The first-order chi connectivity index (χ1) is 11.8. The standard InChI is InChI=1S/C20H21NO2S/c22-14-17-13-18(16-9-5-2-6-10-16)21-20(23)19(17)24-12-11-15-7-3-1-4-8-15/h1-10,18,22H,11-14H2,(H,21,23). The van der Waals surface area contributed by atoms with Crippen LogP contribution >= 0.6 is 11.8 Å². The van der Waals surface area contributed by atoms with Gasteiger partial charge in [0.15, 0.2) is 0 Å². The van der Waals surface area contributed by atoms with E-state index in [0.717, 1.165) is 23.3 Å². The zero-order valence-corrected chi connectivity index (χ0v) is 14.3. The molecule has 1 amide bonds. The second-order valence-electron chi connectivity index (χ2n) is 5.82. The minimum Gasteiger partial charge on any atom is -0.392 e. The van der Waals surface area contributed by atoms with Crippen molar-refractivity contribution in [3.8, 4) is 0 Å². The summed E-state index contributed by atoms with van der Waals surface area (Å²) in [4.78, 5) is 13.2. The topological polar surface area (TPSA) is 49.3 Å². The number of nitrogens with one attached hydrogen (secondary N) is 1. The van der Waals surface area contributed by atoms with Crippen LogP contribution < -0.4 is 5.32 Å². The van der Waals surface area contributed by atoms with Crippen molar-refractivity contribution in [2.45, 2.75) is 18.9 Å². The van der Waals surface area contributed by atoms with Crippen LogP contribution in [-0.4, -0.2) is 23.4 Å². The van der Waals surface area contributed by atoms with Crippen LogP contribution in [0.15, 0.2) is 71.1 Å². The largest absolute Gasteiger partial charge is 0.392 e. The molecule has 3 nitrogen and oxygen atoms in total. The molecule has 1 atom stereocenters. The number of aliphatic hydroxyl groups is 1. The summed E-state index contributed by atoms with van der Waals surface area (Å²) in [6.07, 6.45) is 1.57. The van der Waals surface area contributed by atoms with Gasteiger partial charge in [0.2, 0.25) is 0 Å². The zero-order chi connectivity index (χ0) is 16.8. The van der Waals surface area contributed by atoms with E-state index in [1.54, 1.807) is 0 Å². The van der Waals surface area contributed by atoms with Crippen LogP contribution in [0, 0.1) is 0 Å². The fourth-order valence-corrected chi connectivity index (χ4v) is 3.96. The molecule has 0 spiro atoms. The van der Waals surface area contributed by atoms with Gasteiger partial charge in [-0.1, -0.05) is 60.7 Å². The lowest BCUT2D eigenvalue weighted by Crippen LogP contribution is -2.35. The predicted octanol–water partition coefficient (Wildman–Crippen LogP) is 3.47. The first-order valence-electron chi connectivity index (χ1n) is 8.13. The molecule has 1 unspecified atom stereocenters. The summed E-state index contributed by atoms with van der Waals surface area (Å²) in [5, 5.41) is 12.8. The molecule has 1 heterocycles. The lowest BCUT2D eigenvalue weighted by atomic mass is 9.96. The molecule has 0 saturated heterocycles. The van der Waals surface area contributed by atoms with Gasteiger partial charge in [-0.3, -0.25) is 4.79 Å². The molecule has 124 valence electrons. The van der Waals surface area contributed by atoms with E-state index in [4.69, 9.17) is 0 Å². The van der Waals surface area contributed by atoms with E-state index in [1.165, 1.54) is 17.3 Å². The van der Waals surface area contributed by atoms with Crippen LogP contribution in [0.2, 0.25) is 0 Å². The molecular formula is C20H21NO2S. The summed E-state index contributed by atoms with van der Waals surface area (Å²) in [6, 6.07) is 20.1. The Morgan fingerprint density at radius 3 is 2.38 bits per heavy atom. The second-order valence-corrected chi connectivity index (χ2v) is 6.92. The third kappa shape index (κ3) is 4.08. The molecule has 2 N–H and O–H groups in total. The van der Waals surface area contributed by atoms with Crippen LogP contribution in [0.3, 0.4) is 0 Å². The molecule has 1 aliphatic heterocycles. The van der Waals surface area contributed by atoms with Gasteiger partial charge < -0.3 is 10.4 Å². The number of thioether (sulfide) groups is 1. The van der Waals surface area contributed by atoms with Gasteiger partial charge >= 0.3 is 0 Å². The first kappa shape index (κ1) is 16.8. The molecule has 0 fully saturated rings. The average molecular weight is 339 g/mol. The van der Waals surface area contributed by atoms with Gasteiger partial charge in [0.25, 0.3) is 5.91 Å². The maximum Gasteiger partial charge on any atom is 0.258 e. The molecule has 2 aromatic rings. The molecule has 0 bridgehead atoms. The Balaban J connectivity index is 1.67. The third-order valence-corrected chi connectivity index (χ3v) is 5.33. The summed E-state index contributed by atoms with van der Waals surface area (Å²) in [6.45, 7) is -0.0651. The molecule has 0 saturated carbocycles. The number of carbonyl (C=O) groups is 1. The Bertz CT molecular complexity index is 713. The monoisotopic (exact) mass is 339 g/mol. The van der Waals surface area contributed by atoms with Crippen LogP contribution in [0.25, 0.3) is 0 Å². The van der Waals surface area contributed by atoms with Gasteiger partial charge in [-0.05, 0) is 29.5 Å². The van der Waals surface area contributed by atoms with Crippen molar-refractivity contribution in [2.24, 2.45) is 0 Å². The Morgan fingerprint density at radius 2 is 1.71 bits per heavy atom. The SMILES string of the molecule is O=C1NC(c2ccccc2)CC(CO)=C1SCCc1ccccc1. The number of amides is 1. The van der Waals surface area contributed by atoms with Gasteiger partial charge in [-0.2, -0.15) is 0 Å². The molecule has 24 heavy (non-hydrogen) atoms. The number of rotatable bonds is 6. The second kappa shape index (κ2) is 8.18. The quantitative estimate of drug-likeness (QED) is 0.847. The minimum atomic E-state index is -0.0720. The molecule has 4 heteroatoms. The van der Waals surface area contributed by atoms with Crippen LogP contribution in [0.4, 0.5) is 0 Å². The van der Waals surface area contributed by atoms with Gasteiger partial charge in [-0.15, -0.1) is 11.8 Å². The summed E-state index contributed by atoms with van der Waals surface area (Å²) in [5.74, 6) is 0.754. The highest BCUT2D eigenvalue weighted by molar-refractivity contribution is 8.04. The zero-order valence-electron chi connectivity index (χ0n) is 13.4. The van der Waals surface area contributed by atoms with E-state index in [0.29, 0.717) is 11.3 Å². The van der Waals surface area contributed by atoms with Gasteiger partial charge in [0, 0.05) is 5.75 Å². The number of aliphatic hydroxyl groups excluding tert-OH is 1. The summed E-state index contributed by atoms with van der Waals surface area (Å²) < 4.78 is 0. The number of aryl methyl sites for hydroxylation is 1. The van der Waals surface area contributed by atoms with Crippen molar-refractivity contribution in [2.75, 3.05) is 12.4 Å². The average Bonchev–Trinajstić information content (AvgIpc) is 2.64. The van der Waals surface area contributed by atoms with Crippen LogP contribution in [0.5, 0.6) is 0 Å². The number of benzene rings is 2. The van der Waals surface area contributed by atoms with E-state index in [-0.39, 0.29) is 18.6 Å². The van der Waals surface area contributed by atoms with E-state index in [9.17, 15) is 9.90 Å². The number of carbonyl (C=O) groups excluding carboxylic acids is 1. The highest BCUT2D eigenvalue weighted by Gasteiger charge is 2.27. The van der Waals surface area contributed by atoms with Crippen molar-refractivity contribution in [3.63, 3.8) is 0 Å². The van der Waals surface area contributed by atoms with E-state index < -0.39 is 0 Å². The first-order valence-corrected chi connectivity index (χ1v) is 9.12. The van der Waals surface area contributed by atoms with Crippen molar-refractivity contribution < 1.29 is 9.90 Å². The lowest BCUT2D eigenvalue weighted by molar-refractivity contribution is -0.118. The molecular weight excluding hydrogens is 318 g/mol. The molecule has 1 aliphatic rings. The normalized spacial score (nSPS) is 17.7. The van der Waals surface area contributed by atoms with Gasteiger partial charge in [0.05, 0.1) is 17.6 Å². The van der Waals surface area contributed by atoms with Crippen LogP contribution in [0.1, 0.15) is 23.6 Å². The smallest absolute Gasteiger partial charge is 0.258 e. The fourth-order valence-electron chi connectivity index (χ4n) is 2.88. The highest BCUT2D eigenvalue weighted by Crippen LogP contribution is 2.33. The third-order valence-electron chi connectivity index (χ3n) is 4.16. The lowest BCUT2D eigenvalue weighted by Gasteiger charge is -2.27. The fraction of sp³-hybridized carbons (Fsp3) is 0.250. The van der Waals surface area contributed by atoms with Crippen LogP contribution in [-0.2, 0) is 11.2 Å². The minimum absolute atomic E-state index is 0.0562. The Morgan fingerprint density at radius 1 is 1.04 bits per heavy atom. The van der Waals surface area contributed by atoms with Gasteiger partial charge in [0.1, 0.15) is 0 Å². The summed E-state index contributed by atoms with van der Waals surface area (Å²) in [5.41, 5.74) is 3.17. The van der Waals surface area contributed by atoms with Crippen molar-refractivity contribution >= 4 is 17.7 Å². The number of hydrogen-bond donors (Lipinski definition) is 2. The van der Waals surface area contributed by atoms with E-state index >= 15 is 0 Å². The summed E-state index contributed by atoms with van der Waals surface area (Å²) in [7, 11) is 0. The number of hydrogen-bond acceptors (Lipinski definition) is 3. The summed E-state index contributed by atoms with van der Waals surface area (Å²) >= 11 is 1.54.